The first-order chi connectivity index (χ1) is 8.99. The van der Waals surface area contributed by atoms with Crippen LogP contribution in [0.3, 0.4) is 0 Å². The van der Waals surface area contributed by atoms with Gasteiger partial charge in [-0.1, -0.05) is 13.8 Å². The van der Waals surface area contributed by atoms with E-state index in [0.29, 0.717) is 5.82 Å². The summed E-state index contributed by atoms with van der Waals surface area (Å²) in [5.74, 6) is -1.25. The fourth-order valence-electron chi connectivity index (χ4n) is 2.06. The molecule has 0 amide bonds. The molecule has 0 fully saturated rings. The van der Waals surface area contributed by atoms with Gasteiger partial charge in [-0.05, 0) is 25.0 Å². The number of carboxylic acid groups (broad SMARTS) is 1. The Balaban J connectivity index is 2.50. The molecule has 2 N–H and O–H groups in total. The molecule has 0 saturated heterocycles. The van der Waals surface area contributed by atoms with E-state index in [1.807, 2.05) is 45.3 Å². The van der Waals surface area contributed by atoms with E-state index >= 15 is 0 Å². The van der Waals surface area contributed by atoms with E-state index in [4.69, 9.17) is 0 Å². The fraction of sp³-hybridized carbons (Fsp3) is 0.357. The van der Waals surface area contributed by atoms with E-state index in [0.717, 1.165) is 17.0 Å². The minimum Gasteiger partial charge on any atom is -0.481 e. The maximum atomic E-state index is 11.4. The molecular formula is C14H17N3O2. The Kier molecular flexibility index (Phi) is 3.64. The molecule has 0 spiro atoms. The number of carbonyl (C=O) groups is 1. The van der Waals surface area contributed by atoms with Crippen LogP contribution in [0.15, 0.2) is 24.5 Å². The van der Waals surface area contributed by atoms with Gasteiger partial charge in [0.05, 0.1) is 5.69 Å². The van der Waals surface area contributed by atoms with Crippen LogP contribution in [0.2, 0.25) is 0 Å². The summed E-state index contributed by atoms with van der Waals surface area (Å²) in [6.45, 7) is 5.57. The summed E-state index contributed by atoms with van der Waals surface area (Å²) in [5.41, 5.74) is 2.45. The average molecular weight is 259 g/mol. The minimum absolute atomic E-state index is 0.0571. The van der Waals surface area contributed by atoms with Crippen LogP contribution in [0, 0.1) is 12.8 Å². The first-order valence-electron chi connectivity index (χ1n) is 6.20. The largest absolute Gasteiger partial charge is 0.481 e. The predicted octanol–water partition coefficient (Wildman–Crippen LogP) is 2.60. The lowest BCUT2D eigenvalue weighted by Gasteiger charge is -2.15. The molecule has 0 bridgehead atoms. The Hall–Kier alpha value is -2.17. The molecule has 0 aliphatic carbocycles. The third kappa shape index (κ3) is 2.81. The van der Waals surface area contributed by atoms with Crippen molar-refractivity contribution in [2.24, 2.45) is 5.92 Å². The lowest BCUT2D eigenvalue weighted by Crippen LogP contribution is -2.20. The monoisotopic (exact) mass is 259 g/mol. The molecule has 2 rings (SSSR count). The quantitative estimate of drug-likeness (QED) is 0.884. The second-order valence-corrected chi connectivity index (χ2v) is 4.91. The van der Waals surface area contributed by atoms with Crippen molar-refractivity contribution in [1.82, 2.24) is 15.0 Å². The van der Waals surface area contributed by atoms with Gasteiger partial charge in [0.25, 0.3) is 0 Å². The number of aliphatic carboxylic acids is 1. The van der Waals surface area contributed by atoms with Crippen LogP contribution in [0.1, 0.15) is 31.3 Å². The maximum Gasteiger partial charge on any atom is 0.314 e. The molecule has 2 aromatic rings. The Morgan fingerprint density at radius 1 is 1.37 bits per heavy atom. The van der Waals surface area contributed by atoms with E-state index in [2.05, 4.69) is 15.0 Å². The highest BCUT2D eigenvalue weighted by atomic mass is 16.4. The number of H-pyrrole nitrogens is 1. The van der Waals surface area contributed by atoms with Crippen molar-refractivity contribution in [2.45, 2.75) is 26.7 Å². The number of aromatic amines is 1. The molecule has 5 nitrogen and oxygen atoms in total. The molecule has 0 radical (unpaired) electrons. The van der Waals surface area contributed by atoms with E-state index in [-0.39, 0.29) is 5.92 Å². The van der Waals surface area contributed by atoms with Gasteiger partial charge in [-0.15, -0.1) is 0 Å². The third-order valence-corrected chi connectivity index (χ3v) is 2.98. The highest BCUT2D eigenvalue weighted by molar-refractivity contribution is 5.75. The molecule has 1 atom stereocenters. The minimum atomic E-state index is -0.888. The zero-order chi connectivity index (χ0) is 14.0. The van der Waals surface area contributed by atoms with Crippen molar-refractivity contribution in [3.63, 3.8) is 0 Å². The summed E-state index contributed by atoms with van der Waals surface area (Å²) in [7, 11) is 0. The Bertz CT molecular complexity index is 576. The summed E-state index contributed by atoms with van der Waals surface area (Å²) in [4.78, 5) is 23.0. The number of aryl methyl sites for hydroxylation is 1. The number of nitrogens with one attached hydrogen (secondary N) is 1. The number of hydrogen-bond donors (Lipinski definition) is 2. The van der Waals surface area contributed by atoms with Gasteiger partial charge in [0.1, 0.15) is 11.7 Å². The van der Waals surface area contributed by atoms with Crippen molar-refractivity contribution < 1.29 is 9.90 Å². The maximum absolute atomic E-state index is 11.4. The van der Waals surface area contributed by atoms with Crippen LogP contribution in [-0.4, -0.2) is 26.0 Å². The molecule has 0 aliphatic rings. The Morgan fingerprint density at radius 2 is 2.11 bits per heavy atom. The summed E-state index contributed by atoms with van der Waals surface area (Å²) >= 11 is 0. The summed E-state index contributed by atoms with van der Waals surface area (Å²) < 4.78 is 0. The van der Waals surface area contributed by atoms with Crippen LogP contribution in [0.4, 0.5) is 0 Å². The van der Waals surface area contributed by atoms with E-state index < -0.39 is 11.9 Å². The lowest BCUT2D eigenvalue weighted by atomic mass is 9.95. The number of rotatable bonds is 4. The summed E-state index contributed by atoms with van der Waals surface area (Å²) in [5, 5.41) is 9.32. The van der Waals surface area contributed by atoms with E-state index in [9.17, 15) is 9.90 Å². The summed E-state index contributed by atoms with van der Waals surface area (Å²) in [6, 6.07) is 3.75. The molecule has 0 aliphatic heterocycles. The standard InChI is InChI=1S/C14H17N3O2/c1-8(2)12(14(18)19)13-16-9(3)6-11(17-13)10-4-5-15-7-10/h4-8,12,15H,1-3H3,(H,18,19). The van der Waals surface area contributed by atoms with Gasteiger partial charge < -0.3 is 10.1 Å². The number of aromatic nitrogens is 3. The zero-order valence-electron chi connectivity index (χ0n) is 11.2. The van der Waals surface area contributed by atoms with Crippen molar-refractivity contribution in [2.75, 3.05) is 0 Å². The van der Waals surface area contributed by atoms with Gasteiger partial charge in [-0.25, -0.2) is 9.97 Å². The van der Waals surface area contributed by atoms with Gasteiger partial charge in [-0.3, -0.25) is 4.79 Å². The van der Waals surface area contributed by atoms with Crippen LogP contribution in [0.25, 0.3) is 11.3 Å². The second-order valence-electron chi connectivity index (χ2n) is 4.91. The van der Waals surface area contributed by atoms with Gasteiger partial charge >= 0.3 is 5.97 Å². The highest BCUT2D eigenvalue weighted by Gasteiger charge is 2.27. The van der Waals surface area contributed by atoms with Gasteiger partial charge in [0, 0.05) is 23.7 Å². The van der Waals surface area contributed by atoms with Gasteiger partial charge in [-0.2, -0.15) is 0 Å². The molecule has 100 valence electrons. The van der Waals surface area contributed by atoms with Crippen LogP contribution in [-0.2, 0) is 4.79 Å². The molecular weight excluding hydrogens is 242 g/mol. The van der Waals surface area contributed by atoms with Crippen molar-refractivity contribution in [3.05, 3.63) is 36.0 Å². The van der Waals surface area contributed by atoms with E-state index in [1.54, 1.807) is 0 Å². The normalized spacial score (nSPS) is 12.6. The molecule has 2 heterocycles. The first kappa shape index (κ1) is 13.3. The Labute approximate surface area is 111 Å². The molecule has 0 saturated carbocycles. The predicted molar refractivity (Wildman–Crippen MR) is 71.8 cm³/mol. The summed E-state index contributed by atoms with van der Waals surface area (Å²) in [6.07, 6.45) is 3.64. The zero-order valence-corrected chi connectivity index (χ0v) is 11.2. The number of nitrogens with zero attached hydrogens (tertiary/aromatic N) is 2. The molecule has 2 aromatic heterocycles. The van der Waals surface area contributed by atoms with Crippen LogP contribution in [0.5, 0.6) is 0 Å². The topological polar surface area (TPSA) is 78.9 Å². The van der Waals surface area contributed by atoms with Crippen molar-refractivity contribution >= 4 is 5.97 Å². The lowest BCUT2D eigenvalue weighted by molar-refractivity contribution is -0.140. The van der Waals surface area contributed by atoms with Gasteiger partial charge in [0.15, 0.2) is 0 Å². The first-order valence-corrected chi connectivity index (χ1v) is 6.20. The van der Waals surface area contributed by atoms with Crippen molar-refractivity contribution in [3.8, 4) is 11.3 Å². The molecule has 0 aromatic carbocycles. The number of hydrogen-bond acceptors (Lipinski definition) is 3. The van der Waals surface area contributed by atoms with Gasteiger partial charge in [0.2, 0.25) is 0 Å². The highest BCUT2D eigenvalue weighted by Crippen LogP contribution is 2.25. The molecule has 19 heavy (non-hydrogen) atoms. The second kappa shape index (κ2) is 5.22. The molecule has 5 heteroatoms. The number of carboxylic acids is 1. The van der Waals surface area contributed by atoms with Crippen LogP contribution >= 0.6 is 0 Å². The van der Waals surface area contributed by atoms with Crippen molar-refractivity contribution in [1.29, 1.82) is 0 Å². The smallest absolute Gasteiger partial charge is 0.314 e. The Morgan fingerprint density at radius 3 is 2.63 bits per heavy atom. The SMILES string of the molecule is Cc1cc(-c2cc[nH]c2)nc(C(C(=O)O)C(C)C)n1. The third-order valence-electron chi connectivity index (χ3n) is 2.98. The fourth-order valence-corrected chi connectivity index (χ4v) is 2.06. The van der Waals surface area contributed by atoms with Crippen LogP contribution < -0.4 is 0 Å². The average Bonchev–Trinajstić information content (AvgIpc) is 2.80. The molecule has 1 unspecified atom stereocenters. The van der Waals surface area contributed by atoms with E-state index in [1.165, 1.54) is 0 Å².